The quantitative estimate of drug-likeness (QED) is 0.543. The molecule has 0 bridgehead atoms. The van der Waals surface area contributed by atoms with Crippen molar-refractivity contribution < 1.29 is 21.4 Å². The highest BCUT2D eigenvalue weighted by molar-refractivity contribution is 7.85. The van der Waals surface area contributed by atoms with Crippen LogP contribution in [0.5, 0.6) is 0 Å². The Kier molecular flexibility index (Phi) is 6.17. The van der Waals surface area contributed by atoms with Gasteiger partial charge in [0.25, 0.3) is 10.1 Å². The fourth-order valence-electron chi connectivity index (χ4n) is 1.42. The van der Waals surface area contributed by atoms with Gasteiger partial charge in [0.05, 0.1) is 25.2 Å². The normalized spacial score (nSPS) is 12.4. The fourth-order valence-corrected chi connectivity index (χ4v) is 1.81. The second-order valence-corrected chi connectivity index (χ2v) is 5.71. The van der Waals surface area contributed by atoms with Crippen LogP contribution in [-0.2, 0) is 20.7 Å². The number of hydrogen-bond acceptors (Lipinski definition) is 5. The fraction of sp³-hybridized carbons (Fsp3) is 0.583. The van der Waals surface area contributed by atoms with Gasteiger partial charge in [-0.2, -0.15) is 8.42 Å². The Hall–Kier alpha value is -1.21. The Balaban J connectivity index is 2.52. The Morgan fingerprint density at radius 3 is 2.84 bits per heavy atom. The van der Waals surface area contributed by atoms with Crippen LogP contribution in [-0.4, -0.2) is 32.9 Å². The van der Waals surface area contributed by atoms with Gasteiger partial charge in [0, 0.05) is 6.42 Å². The molecule has 0 N–H and O–H groups in total. The highest BCUT2D eigenvalue weighted by atomic mass is 32.2. The van der Waals surface area contributed by atoms with Crippen LogP contribution in [0.1, 0.15) is 30.2 Å². The van der Waals surface area contributed by atoms with Gasteiger partial charge in [0.15, 0.2) is 0 Å². The Bertz CT molecular complexity index is 522. The van der Waals surface area contributed by atoms with Crippen molar-refractivity contribution in [1.82, 2.24) is 4.98 Å². The molecule has 0 aliphatic heterocycles. The molecule has 0 spiro atoms. The lowest BCUT2D eigenvalue weighted by Crippen LogP contribution is -2.06. The highest BCUT2D eigenvalue weighted by Gasteiger charge is 2.09. The summed E-state index contributed by atoms with van der Waals surface area (Å²) in [5, 5.41) is 0. The first-order valence-corrected chi connectivity index (χ1v) is 7.77. The molecule has 1 aromatic rings. The third-order valence-electron chi connectivity index (χ3n) is 2.31. The van der Waals surface area contributed by atoms with Crippen LogP contribution >= 0.6 is 0 Å². The van der Waals surface area contributed by atoms with Crippen molar-refractivity contribution in [3.05, 3.63) is 23.4 Å². The molecule has 0 aliphatic rings. The van der Waals surface area contributed by atoms with Gasteiger partial charge in [-0.1, -0.05) is 6.08 Å². The van der Waals surface area contributed by atoms with E-state index in [1.54, 1.807) is 19.1 Å². The molecule has 0 saturated heterocycles. The van der Waals surface area contributed by atoms with Crippen LogP contribution in [0.4, 0.5) is 4.39 Å². The molecule has 7 heteroatoms. The smallest absolute Gasteiger partial charge is 0.264 e. The van der Waals surface area contributed by atoms with Crippen molar-refractivity contribution in [3.63, 3.8) is 0 Å². The molecule has 0 radical (unpaired) electrons. The molecule has 0 aromatic carbocycles. The number of unbranched alkanes of at least 4 members (excludes halogenated alkanes) is 1. The van der Waals surface area contributed by atoms with Gasteiger partial charge >= 0.3 is 0 Å². The van der Waals surface area contributed by atoms with Crippen LogP contribution in [0.3, 0.4) is 0 Å². The van der Waals surface area contributed by atoms with Crippen LogP contribution < -0.4 is 0 Å². The van der Waals surface area contributed by atoms with Crippen LogP contribution in [0.15, 0.2) is 10.5 Å². The van der Waals surface area contributed by atoms with E-state index in [1.165, 1.54) is 0 Å². The summed E-state index contributed by atoms with van der Waals surface area (Å²) in [7, 11) is -3.43. The number of halogens is 1. The van der Waals surface area contributed by atoms with E-state index < -0.39 is 10.1 Å². The topological polar surface area (TPSA) is 69.4 Å². The minimum Gasteiger partial charge on any atom is -0.442 e. The second-order valence-electron chi connectivity index (χ2n) is 4.06. The summed E-state index contributed by atoms with van der Waals surface area (Å²) in [6.45, 7) is 1.45. The third kappa shape index (κ3) is 6.49. The number of aromatic nitrogens is 1. The summed E-state index contributed by atoms with van der Waals surface area (Å²) in [5.74, 6) is 1.06. The van der Waals surface area contributed by atoms with Gasteiger partial charge in [0.1, 0.15) is 5.76 Å². The number of hydrogen-bond donors (Lipinski definition) is 0. The maximum atomic E-state index is 11.9. The molecule has 19 heavy (non-hydrogen) atoms. The van der Waals surface area contributed by atoms with Gasteiger partial charge in [-0.05, 0) is 25.8 Å². The van der Waals surface area contributed by atoms with Crippen LogP contribution in [0.25, 0.3) is 6.08 Å². The molecule has 0 amide bonds. The zero-order chi connectivity index (χ0) is 14.3. The van der Waals surface area contributed by atoms with E-state index in [4.69, 9.17) is 4.42 Å². The number of allylic oxidation sites excluding steroid dienone is 1. The molecule has 0 fully saturated rings. The van der Waals surface area contributed by atoms with Gasteiger partial charge in [-0.25, -0.2) is 4.98 Å². The third-order valence-corrected chi connectivity index (χ3v) is 2.91. The molecule has 1 aromatic heterocycles. The molecule has 0 aliphatic carbocycles. The summed E-state index contributed by atoms with van der Waals surface area (Å²) in [6, 6.07) is 0. The average Bonchev–Trinajstić information content (AvgIpc) is 2.64. The summed E-state index contributed by atoms with van der Waals surface area (Å²) in [6.07, 6.45) is 5.95. The van der Waals surface area contributed by atoms with E-state index in [2.05, 4.69) is 9.17 Å². The van der Waals surface area contributed by atoms with Crippen molar-refractivity contribution in [2.24, 2.45) is 0 Å². The lowest BCUT2D eigenvalue weighted by atomic mass is 10.3. The molecule has 108 valence electrons. The van der Waals surface area contributed by atoms with E-state index in [0.717, 1.165) is 6.26 Å². The maximum Gasteiger partial charge on any atom is 0.264 e. The molecule has 0 unspecified atom stereocenters. The van der Waals surface area contributed by atoms with E-state index in [0.29, 0.717) is 36.6 Å². The first-order valence-electron chi connectivity index (χ1n) is 5.95. The first-order chi connectivity index (χ1) is 8.92. The number of rotatable bonds is 8. The Labute approximate surface area is 112 Å². The predicted molar refractivity (Wildman–Crippen MR) is 70.0 cm³/mol. The SMILES string of the molecule is Cc1oc(/C=C/CCCF)nc1CCOS(C)(=O)=O. The maximum absolute atomic E-state index is 11.9. The van der Waals surface area contributed by atoms with E-state index in [9.17, 15) is 12.8 Å². The molecule has 0 saturated carbocycles. The van der Waals surface area contributed by atoms with Crippen molar-refractivity contribution in [1.29, 1.82) is 0 Å². The largest absolute Gasteiger partial charge is 0.442 e. The van der Waals surface area contributed by atoms with Gasteiger partial charge in [0.2, 0.25) is 5.89 Å². The Morgan fingerprint density at radius 1 is 1.47 bits per heavy atom. The van der Waals surface area contributed by atoms with Crippen LogP contribution in [0.2, 0.25) is 0 Å². The molecular formula is C12H18FNO4S. The molecule has 1 heterocycles. The van der Waals surface area contributed by atoms with E-state index >= 15 is 0 Å². The van der Waals surface area contributed by atoms with E-state index in [1.807, 2.05) is 0 Å². The van der Waals surface area contributed by atoms with Gasteiger partial charge in [-0.15, -0.1) is 0 Å². The monoisotopic (exact) mass is 291 g/mol. The van der Waals surface area contributed by atoms with Gasteiger partial charge in [-0.3, -0.25) is 8.57 Å². The second kappa shape index (κ2) is 7.40. The molecule has 0 atom stereocenters. The summed E-state index contributed by atoms with van der Waals surface area (Å²) < 4.78 is 43.5. The van der Waals surface area contributed by atoms with Crippen molar-refractivity contribution in [2.75, 3.05) is 19.5 Å². The number of oxazole rings is 1. The minimum atomic E-state index is -3.43. The van der Waals surface area contributed by atoms with Crippen molar-refractivity contribution >= 4 is 16.2 Å². The zero-order valence-corrected chi connectivity index (χ0v) is 11.9. The van der Waals surface area contributed by atoms with E-state index in [-0.39, 0.29) is 13.3 Å². The molecule has 5 nitrogen and oxygen atoms in total. The first kappa shape index (κ1) is 15.8. The number of aryl methyl sites for hydroxylation is 1. The highest BCUT2D eigenvalue weighted by Crippen LogP contribution is 2.12. The molecular weight excluding hydrogens is 273 g/mol. The Morgan fingerprint density at radius 2 is 2.21 bits per heavy atom. The minimum absolute atomic E-state index is 0.0389. The van der Waals surface area contributed by atoms with Crippen molar-refractivity contribution in [2.45, 2.75) is 26.2 Å². The number of nitrogens with zero attached hydrogens (tertiary/aromatic N) is 1. The van der Waals surface area contributed by atoms with Crippen LogP contribution in [0, 0.1) is 6.92 Å². The zero-order valence-electron chi connectivity index (χ0n) is 11.1. The van der Waals surface area contributed by atoms with Gasteiger partial charge < -0.3 is 4.42 Å². The molecule has 1 rings (SSSR count). The number of alkyl halides is 1. The summed E-state index contributed by atoms with van der Waals surface area (Å²) in [4.78, 5) is 4.20. The summed E-state index contributed by atoms with van der Waals surface area (Å²) >= 11 is 0. The lowest BCUT2D eigenvalue weighted by Gasteiger charge is -1.98. The average molecular weight is 291 g/mol. The lowest BCUT2D eigenvalue weighted by molar-refractivity contribution is 0.324. The summed E-state index contributed by atoms with van der Waals surface area (Å²) in [5.41, 5.74) is 0.661. The standard InChI is InChI=1S/C12H18FNO4S/c1-10-11(7-9-17-19(2,15)16)14-12(18-10)6-4-3-5-8-13/h4,6H,3,5,7-9H2,1-2H3/b6-4+. The van der Waals surface area contributed by atoms with Crippen molar-refractivity contribution in [3.8, 4) is 0 Å². The predicted octanol–water partition coefficient (Wildman–Crippen LogP) is 2.26.